The van der Waals surface area contributed by atoms with Crippen LogP contribution in [0.3, 0.4) is 0 Å². The molecule has 0 bridgehead atoms. The van der Waals surface area contributed by atoms with E-state index in [1.54, 1.807) is 24.3 Å². The molecule has 1 heterocycles. The molecule has 0 aliphatic carbocycles. The van der Waals surface area contributed by atoms with E-state index in [2.05, 4.69) is 6.07 Å². The lowest BCUT2D eigenvalue weighted by Gasteiger charge is -2.06. The summed E-state index contributed by atoms with van der Waals surface area (Å²) in [4.78, 5) is 10.7. The summed E-state index contributed by atoms with van der Waals surface area (Å²) < 4.78 is 5.14. The van der Waals surface area contributed by atoms with Gasteiger partial charge in [0.15, 0.2) is 0 Å². The number of carboxylic acid groups (broad SMARTS) is 1. The van der Waals surface area contributed by atoms with Crippen molar-refractivity contribution in [2.75, 3.05) is 0 Å². The van der Waals surface area contributed by atoms with Crippen LogP contribution >= 0.6 is 0 Å². The first kappa shape index (κ1) is 13.4. The Labute approximate surface area is 115 Å². The molecule has 1 aromatic heterocycles. The molecule has 0 amide bonds. The van der Waals surface area contributed by atoms with Crippen LogP contribution in [0.4, 0.5) is 0 Å². The van der Waals surface area contributed by atoms with Gasteiger partial charge >= 0.3 is 5.97 Å². The van der Waals surface area contributed by atoms with E-state index < -0.39 is 11.9 Å². The molecule has 0 saturated heterocycles. The molecule has 5 heteroatoms. The molecule has 0 aliphatic rings. The van der Waals surface area contributed by atoms with Gasteiger partial charge in [-0.3, -0.25) is 0 Å². The maximum atomic E-state index is 10.7. The number of rotatable bonds is 4. The SMILES string of the molecule is N#Cc1ccc(CC(C#N)c2ccc(C(=O)O)o2)cc1. The highest BCUT2D eigenvalue weighted by Gasteiger charge is 2.18. The molecule has 0 spiro atoms. The van der Waals surface area contributed by atoms with Gasteiger partial charge in [0.1, 0.15) is 11.7 Å². The molecule has 2 rings (SSSR count). The van der Waals surface area contributed by atoms with Crippen molar-refractivity contribution in [3.05, 3.63) is 59.0 Å². The van der Waals surface area contributed by atoms with Gasteiger partial charge < -0.3 is 9.52 Å². The molecule has 0 aliphatic heterocycles. The predicted molar refractivity (Wildman–Crippen MR) is 68.9 cm³/mol. The Morgan fingerprint density at radius 1 is 1.20 bits per heavy atom. The van der Waals surface area contributed by atoms with E-state index in [4.69, 9.17) is 14.8 Å². The normalized spacial score (nSPS) is 11.3. The minimum Gasteiger partial charge on any atom is -0.475 e. The molecule has 0 saturated carbocycles. The predicted octanol–water partition coefficient (Wildman–Crippen LogP) is 2.70. The molecule has 1 unspecified atom stereocenters. The summed E-state index contributed by atoms with van der Waals surface area (Å²) in [7, 11) is 0. The molecule has 1 aromatic carbocycles. The summed E-state index contributed by atoms with van der Waals surface area (Å²) in [5.74, 6) is -1.57. The summed E-state index contributed by atoms with van der Waals surface area (Å²) in [6.45, 7) is 0. The average molecular weight is 266 g/mol. The third-order valence-electron chi connectivity index (χ3n) is 2.86. The lowest BCUT2D eigenvalue weighted by molar-refractivity contribution is 0.0660. The van der Waals surface area contributed by atoms with Gasteiger partial charge in [-0.25, -0.2) is 4.79 Å². The number of nitrogens with zero attached hydrogens (tertiary/aromatic N) is 2. The zero-order chi connectivity index (χ0) is 14.5. The third kappa shape index (κ3) is 2.85. The molecule has 5 nitrogen and oxygen atoms in total. The second-order valence-electron chi connectivity index (χ2n) is 4.20. The van der Waals surface area contributed by atoms with Crippen molar-refractivity contribution >= 4 is 5.97 Å². The van der Waals surface area contributed by atoms with Crippen LogP contribution in [0.25, 0.3) is 0 Å². The summed E-state index contributed by atoms with van der Waals surface area (Å²) in [5, 5.41) is 26.7. The van der Waals surface area contributed by atoms with Gasteiger partial charge in [0.2, 0.25) is 5.76 Å². The number of carbonyl (C=O) groups is 1. The quantitative estimate of drug-likeness (QED) is 0.917. The standard InChI is InChI=1S/C15H10N2O3/c16-8-11-3-1-10(2-4-11)7-12(9-17)13-5-6-14(20-13)15(18)19/h1-6,12H,7H2,(H,18,19). The van der Waals surface area contributed by atoms with Crippen molar-refractivity contribution in [2.45, 2.75) is 12.3 Å². The minimum atomic E-state index is -1.16. The Balaban J connectivity index is 2.18. The average Bonchev–Trinajstić information content (AvgIpc) is 2.95. The van der Waals surface area contributed by atoms with Crippen LogP contribution < -0.4 is 0 Å². The number of hydrogen-bond acceptors (Lipinski definition) is 4. The number of aromatic carboxylic acids is 1. The molecule has 2 aromatic rings. The van der Waals surface area contributed by atoms with Crippen molar-refractivity contribution in [2.24, 2.45) is 0 Å². The summed E-state index contributed by atoms with van der Waals surface area (Å²) in [5.41, 5.74) is 1.43. The van der Waals surface area contributed by atoms with Gasteiger partial charge in [0.25, 0.3) is 0 Å². The van der Waals surface area contributed by atoms with Crippen molar-refractivity contribution < 1.29 is 14.3 Å². The van der Waals surface area contributed by atoms with E-state index in [1.807, 2.05) is 6.07 Å². The second kappa shape index (κ2) is 5.73. The fourth-order valence-corrected chi connectivity index (χ4v) is 1.82. The maximum absolute atomic E-state index is 10.7. The lowest BCUT2D eigenvalue weighted by atomic mass is 9.98. The Morgan fingerprint density at radius 2 is 1.90 bits per heavy atom. The Kier molecular flexibility index (Phi) is 3.83. The first-order valence-corrected chi connectivity index (χ1v) is 5.85. The van der Waals surface area contributed by atoms with Gasteiger partial charge in [-0.05, 0) is 36.2 Å². The molecular formula is C15H10N2O3. The number of hydrogen-bond donors (Lipinski definition) is 1. The van der Waals surface area contributed by atoms with Gasteiger partial charge in [-0.1, -0.05) is 12.1 Å². The molecule has 1 N–H and O–H groups in total. The fraction of sp³-hybridized carbons (Fsp3) is 0.133. The Bertz CT molecular complexity index is 702. The van der Waals surface area contributed by atoms with Crippen LogP contribution in [-0.2, 0) is 6.42 Å². The van der Waals surface area contributed by atoms with Crippen LogP contribution in [0, 0.1) is 22.7 Å². The number of furan rings is 1. The summed E-state index contributed by atoms with van der Waals surface area (Å²) >= 11 is 0. The number of carboxylic acids is 1. The molecule has 20 heavy (non-hydrogen) atoms. The van der Waals surface area contributed by atoms with Crippen molar-refractivity contribution in [3.8, 4) is 12.1 Å². The fourth-order valence-electron chi connectivity index (χ4n) is 1.82. The summed E-state index contributed by atoms with van der Waals surface area (Å²) in [6.07, 6.45) is 0.398. The lowest BCUT2D eigenvalue weighted by Crippen LogP contribution is -1.99. The topological polar surface area (TPSA) is 98.0 Å². The van der Waals surface area contributed by atoms with E-state index in [0.717, 1.165) is 5.56 Å². The highest BCUT2D eigenvalue weighted by molar-refractivity contribution is 5.84. The van der Waals surface area contributed by atoms with E-state index in [-0.39, 0.29) is 5.76 Å². The van der Waals surface area contributed by atoms with E-state index in [1.165, 1.54) is 12.1 Å². The first-order valence-electron chi connectivity index (χ1n) is 5.85. The van der Waals surface area contributed by atoms with E-state index >= 15 is 0 Å². The number of nitriles is 2. The molecule has 0 radical (unpaired) electrons. The van der Waals surface area contributed by atoms with Gasteiger partial charge in [0, 0.05) is 0 Å². The van der Waals surface area contributed by atoms with Crippen LogP contribution in [-0.4, -0.2) is 11.1 Å². The van der Waals surface area contributed by atoms with Crippen LogP contribution in [0.15, 0.2) is 40.8 Å². The first-order chi connectivity index (χ1) is 9.63. The number of benzene rings is 1. The van der Waals surface area contributed by atoms with E-state index in [9.17, 15) is 10.1 Å². The van der Waals surface area contributed by atoms with Crippen molar-refractivity contribution in [1.29, 1.82) is 10.5 Å². The second-order valence-corrected chi connectivity index (χ2v) is 4.20. The van der Waals surface area contributed by atoms with Gasteiger partial charge in [-0.15, -0.1) is 0 Å². The van der Waals surface area contributed by atoms with Gasteiger partial charge in [0.05, 0.1) is 17.7 Å². The van der Waals surface area contributed by atoms with Crippen molar-refractivity contribution in [1.82, 2.24) is 0 Å². The maximum Gasteiger partial charge on any atom is 0.371 e. The Morgan fingerprint density at radius 3 is 2.40 bits per heavy atom. The van der Waals surface area contributed by atoms with Crippen LogP contribution in [0.2, 0.25) is 0 Å². The zero-order valence-corrected chi connectivity index (χ0v) is 10.4. The summed E-state index contributed by atoms with van der Waals surface area (Å²) in [6, 6.07) is 13.8. The molecule has 98 valence electrons. The van der Waals surface area contributed by atoms with Crippen LogP contribution in [0.1, 0.15) is 33.4 Å². The van der Waals surface area contributed by atoms with Crippen molar-refractivity contribution in [3.63, 3.8) is 0 Å². The van der Waals surface area contributed by atoms with Crippen LogP contribution in [0.5, 0.6) is 0 Å². The molecule has 0 fully saturated rings. The molecular weight excluding hydrogens is 256 g/mol. The third-order valence-corrected chi connectivity index (χ3v) is 2.86. The highest BCUT2D eigenvalue weighted by atomic mass is 16.4. The Hall–Kier alpha value is -3.05. The highest BCUT2D eigenvalue weighted by Crippen LogP contribution is 2.23. The minimum absolute atomic E-state index is 0.180. The molecule has 1 atom stereocenters. The van der Waals surface area contributed by atoms with Gasteiger partial charge in [-0.2, -0.15) is 10.5 Å². The zero-order valence-electron chi connectivity index (χ0n) is 10.4. The smallest absolute Gasteiger partial charge is 0.371 e. The largest absolute Gasteiger partial charge is 0.475 e. The van der Waals surface area contributed by atoms with E-state index in [0.29, 0.717) is 17.7 Å². The monoisotopic (exact) mass is 266 g/mol.